The second kappa shape index (κ2) is 5.47. The van der Waals surface area contributed by atoms with E-state index in [9.17, 15) is 13.2 Å². The molecule has 4 heteroatoms. The Balaban J connectivity index is 3.46. The molecule has 13 heavy (non-hydrogen) atoms. The van der Waals surface area contributed by atoms with Crippen molar-refractivity contribution in [1.29, 1.82) is 0 Å². The molecule has 0 radical (unpaired) electrons. The minimum Gasteiger partial charge on any atom is -0.298 e. The maximum atomic E-state index is 11.9. The fourth-order valence-corrected chi connectivity index (χ4v) is 1.15. The van der Waals surface area contributed by atoms with Gasteiger partial charge in [-0.3, -0.25) is 4.90 Å². The van der Waals surface area contributed by atoms with E-state index < -0.39 is 12.7 Å². The summed E-state index contributed by atoms with van der Waals surface area (Å²) in [5.41, 5.74) is 0. The van der Waals surface area contributed by atoms with Gasteiger partial charge in [-0.1, -0.05) is 13.8 Å². The van der Waals surface area contributed by atoms with Gasteiger partial charge in [-0.25, -0.2) is 0 Å². The number of alkyl halides is 3. The summed E-state index contributed by atoms with van der Waals surface area (Å²) in [6.45, 7) is 3.87. The minimum absolute atomic E-state index is 0.525. The second-order valence-electron chi connectivity index (χ2n) is 3.89. The number of rotatable bonds is 5. The molecule has 0 aromatic heterocycles. The highest BCUT2D eigenvalue weighted by Gasteiger charge is 2.28. The highest BCUT2D eigenvalue weighted by Crippen LogP contribution is 2.16. The van der Waals surface area contributed by atoms with Gasteiger partial charge < -0.3 is 0 Å². The highest BCUT2D eigenvalue weighted by molar-refractivity contribution is 4.59. The third-order valence-corrected chi connectivity index (χ3v) is 1.77. The average Bonchev–Trinajstić information content (AvgIpc) is 1.81. The zero-order chi connectivity index (χ0) is 10.5. The van der Waals surface area contributed by atoms with Gasteiger partial charge in [0.2, 0.25) is 0 Å². The number of hydrogen-bond acceptors (Lipinski definition) is 1. The van der Waals surface area contributed by atoms with Crippen LogP contribution in [0.5, 0.6) is 0 Å². The van der Waals surface area contributed by atoms with Gasteiger partial charge in [-0.05, 0) is 32.4 Å². The Bertz CT molecular complexity index is 131. The molecule has 0 saturated carbocycles. The molecular formula is C9H18F3N. The van der Waals surface area contributed by atoms with Crippen molar-refractivity contribution in [1.82, 2.24) is 4.90 Å². The quantitative estimate of drug-likeness (QED) is 0.655. The van der Waals surface area contributed by atoms with Crippen LogP contribution in [0.2, 0.25) is 0 Å². The molecule has 0 unspecified atom stereocenters. The van der Waals surface area contributed by atoms with Gasteiger partial charge in [-0.2, -0.15) is 13.2 Å². The standard InChI is InChI=1S/C9H18F3N/c1-8(2)5-4-6-13(3)7-9(10,11)12/h8H,4-7H2,1-3H3. The Kier molecular flexibility index (Phi) is 5.37. The average molecular weight is 197 g/mol. The van der Waals surface area contributed by atoms with E-state index in [1.807, 2.05) is 0 Å². The van der Waals surface area contributed by atoms with Gasteiger partial charge in [-0.15, -0.1) is 0 Å². The van der Waals surface area contributed by atoms with Crippen LogP contribution in [0.3, 0.4) is 0 Å². The normalized spacial score (nSPS) is 12.9. The van der Waals surface area contributed by atoms with E-state index in [4.69, 9.17) is 0 Å². The molecule has 0 atom stereocenters. The zero-order valence-electron chi connectivity index (χ0n) is 8.49. The highest BCUT2D eigenvalue weighted by atomic mass is 19.4. The minimum atomic E-state index is -4.06. The van der Waals surface area contributed by atoms with Gasteiger partial charge in [0, 0.05) is 0 Å². The Hall–Kier alpha value is -0.250. The van der Waals surface area contributed by atoms with Crippen molar-refractivity contribution < 1.29 is 13.2 Å². The van der Waals surface area contributed by atoms with Crippen molar-refractivity contribution in [3.05, 3.63) is 0 Å². The molecule has 0 aliphatic heterocycles. The van der Waals surface area contributed by atoms with Crippen LogP contribution < -0.4 is 0 Å². The lowest BCUT2D eigenvalue weighted by molar-refractivity contribution is -0.143. The van der Waals surface area contributed by atoms with Crippen molar-refractivity contribution in [2.24, 2.45) is 5.92 Å². The van der Waals surface area contributed by atoms with Crippen LogP contribution >= 0.6 is 0 Å². The first-order valence-corrected chi connectivity index (χ1v) is 4.56. The van der Waals surface area contributed by atoms with Crippen molar-refractivity contribution >= 4 is 0 Å². The van der Waals surface area contributed by atoms with Crippen molar-refractivity contribution in [3.8, 4) is 0 Å². The second-order valence-corrected chi connectivity index (χ2v) is 3.89. The van der Waals surface area contributed by atoms with Gasteiger partial charge >= 0.3 is 6.18 Å². The third kappa shape index (κ3) is 9.67. The van der Waals surface area contributed by atoms with Gasteiger partial charge in [0.1, 0.15) is 0 Å². The first-order valence-electron chi connectivity index (χ1n) is 4.56. The largest absolute Gasteiger partial charge is 0.401 e. The van der Waals surface area contributed by atoms with Crippen LogP contribution in [0.25, 0.3) is 0 Å². The molecule has 80 valence electrons. The van der Waals surface area contributed by atoms with Crippen LogP contribution in [-0.4, -0.2) is 31.2 Å². The lowest BCUT2D eigenvalue weighted by Gasteiger charge is -2.18. The number of nitrogens with zero attached hydrogens (tertiary/aromatic N) is 1. The maximum Gasteiger partial charge on any atom is 0.401 e. The van der Waals surface area contributed by atoms with Gasteiger partial charge in [0.15, 0.2) is 0 Å². The molecule has 0 N–H and O–H groups in total. The first kappa shape index (κ1) is 12.8. The summed E-state index contributed by atoms with van der Waals surface area (Å²) in [6, 6.07) is 0. The molecule has 0 bridgehead atoms. The van der Waals surface area contributed by atoms with Gasteiger partial charge in [0.25, 0.3) is 0 Å². The Labute approximate surface area is 77.9 Å². The smallest absolute Gasteiger partial charge is 0.298 e. The SMILES string of the molecule is CC(C)CCCN(C)CC(F)(F)F. The van der Waals surface area contributed by atoms with E-state index in [-0.39, 0.29) is 0 Å². The van der Waals surface area contributed by atoms with E-state index in [0.717, 1.165) is 12.8 Å². The van der Waals surface area contributed by atoms with Crippen molar-refractivity contribution in [2.75, 3.05) is 20.1 Å². The summed E-state index contributed by atoms with van der Waals surface area (Å²) in [5, 5.41) is 0. The molecule has 0 saturated heterocycles. The third-order valence-electron chi connectivity index (χ3n) is 1.77. The lowest BCUT2D eigenvalue weighted by Crippen LogP contribution is -2.31. The first-order chi connectivity index (χ1) is 5.81. The van der Waals surface area contributed by atoms with Crippen LogP contribution in [0.15, 0.2) is 0 Å². The van der Waals surface area contributed by atoms with E-state index in [2.05, 4.69) is 13.8 Å². The lowest BCUT2D eigenvalue weighted by atomic mass is 10.1. The Morgan fingerprint density at radius 1 is 1.23 bits per heavy atom. The summed E-state index contributed by atoms with van der Waals surface area (Å²) in [6.07, 6.45) is -2.24. The van der Waals surface area contributed by atoms with Crippen molar-refractivity contribution in [3.63, 3.8) is 0 Å². The topological polar surface area (TPSA) is 3.24 Å². The Morgan fingerprint density at radius 3 is 2.15 bits per heavy atom. The fraction of sp³-hybridized carbons (Fsp3) is 1.00. The van der Waals surface area contributed by atoms with Crippen LogP contribution in [0.1, 0.15) is 26.7 Å². The molecular weight excluding hydrogens is 179 g/mol. The molecule has 0 aliphatic rings. The monoisotopic (exact) mass is 197 g/mol. The molecule has 0 rings (SSSR count). The summed E-state index contributed by atoms with van der Waals surface area (Å²) >= 11 is 0. The summed E-state index contributed by atoms with van der Waals surface area (Å²) < 4.78 is 35.6. The predicted molar refractivity (Wildman–Crippen MR) is 47.6 cm³/mol. The number of halogens is 3. The summed E-state index contributed by atoms with van der Waals surface area (Å²) in [7, 11) is 1.51. The van der Waals surface area contributed by atoms with Crippen molar-refractivity contribution in [2.45, 2.75) is 32.9 Å². The van der Waals surface area contributed by atoms with Crippen LogP contribution in [-0.2, 0) is 0 Å². The molecule has 0 amide bonds. The van der Waals surface area contributed by atoms with E-state index >= 15 is 0 Å². The van der Waals surface area contributed by atoms with E-state index in [1.165, 1.54) is 11.9 Å². The maximum absolute atomic E-state index is 11.9. The molecule has 0 aliphatic carbocycles. The van der Waals surface area contributed by atoms with Crippen LogP contribution in [0, 0.1) is 5.92 Å². The molecule has 0 aromatic rings. The van der Waals surface area contributed by atoms with Gasteiger partial charge in [0.05, 0.1) is 6.54 Å². The molecule has 0 fully saturated rings. The van der Waals surface area contributed by atoms with E-state index in [0.29, 0.717) is 12.5 Å². The summed E-state index contributed by atoms with van der Waals surface area (Å²) in [4.78, 5) is 1.32. The molecule has 0 spiro atoms. The molecule has 1 nitrogen and oxygen atoms in total. The predicted octanol–water partition coefficient (Wildman–Crippen LogP) is 2.92. The zero-order valence-corrected chi connectivity index (χ0v) is 8.49. The van der Waals surface area contributed by atoms with Crippen LogP contribution in [0.4, 0.5) is 13.2 Å². The molecule has 0 aromatic carbocycles. The van der Waals surface area contributed by atoms with E-state index in [1.54, 1.807) is 0 Å². The fourth-order valence-electron chi connectivity index (χ4n) is 1.15. The summed E-state index contributed by atoms with van der Waals surface area (Å²) in [5.74, 6) is 0.569. The molecule has 0 heterocycles. The number of hydrogen-bond donors (Lipinski definition) is 0. The Morgan fingerprint density at radius 2 is 1.77 bits per heavy atom.